The van der Waals surface area contributed by atoms with Gasteiger partial charge in [-0.25, -0.2) is 4.98 Å². The molecule has 2 aromatic heterocycles. The molecule has 7 heteroatoms. The third-order valence-corrected chi connectivity index (χ3v) is 3.54. The number of thiazole rings is 1. The molecule has 0 spiro atoms. The summed E-state index contributed by atoms with van der Waals surface area (Å²) >= 11 is 1.55. The number of nitrogens with one attached hydrogen (secondary N) is 1. The van der Waals surface area contributed by atoms with Crippen molar-refractivity contribution in [2.75, 3.05) is 13.2 Å². The molecule has 1 fully saturated rings. The lowest BCUT2D eigenvalue weighted by molar-refractivity contribution is 0.190. The van der Waals surface area contributed by atoms with Crippen molar-refractivity contribution in [3.8, 4) is 10.7 Å². The van der Waals surface area contributed by atoms with Crippen LogP contribution in [0.5, 0.6) is 0 Å². The second kappa shape index (κ2) is 3.93. The summed E-state index contributed by atoms with van der Waals surface area (Å²) in [6, 6.07) is 0.0484. The van der Waals surface area contributed by atoms with Gasteiger partial charge in [-0.05, 0) is 0 Å². The van der Waals surface area contributed by atoms with Gasteiger partial charge in [-0.15, -0.1) is 11.3 Å². The molecule has 6 nitrogen and oxygen atoms in total. The maximum absolute atomic E-state index is 5.94. The summed E-state index contributed by atoms with van der Waals surface area (Å²) in [7, 11) is 0. The van der Waals surface area contributed by atoms with Crippen molar-refractivity contribution in [3.05, 3.63) is 17.3 Å². The Balaban J connectivity index is 1.88. The fourth-order valence-corrected chi connectivity index (χ4v) is 2.59. The Morgan fingerprint density at radius 3 is 3.12 bits per heavy atom. The van der Waals surface area contributed by atoms with Gasteiger partial charge >= 0.3 is 0 Å². The molecule has 1 aliphatic heterocycles. The number of hydrogen-bond acceptors (Lipinski definition) is 6. The highest BCUT2D eigenvalue weighted by molar-refractivity contribution is 7.13. The van der Waals surface area contributed by atoms with Gasteiger partial charge in [-0.2, -0.15) is 15.4 Å². The first-order chi connectivity index (χ1) is 7.84. The van der Waals surface area contributed by atoms with Gasteiger partial charge in [0.15, 0.2) is 0 Å². The summed E-state index contributed by atoms with van der Waals surface area (Å²) in [6.45, 7) is 1.27. The maximum atomic E-state index is 5.94. The van der Waals surface area contributed by atoms with Gasteiger partial charge in [0, 0.05) is 17.3 Å². The molecule has 16 heavy (non-hydrogen) atoms. The molecule has 0 radical (unpaired) electrons. The third kappa shape index (κ3) is 1.62. The Hall–Kier alpha value is -1.31. The Morgan fingerprint density at radius 1 is 1.50 bits per heavy atom. The summed E-state index contributed by atoms with van der Waals surface area (Å²) < 4.78 is 5.33. The van der Waals surface area contributed by atoms with E-state index in [1.807, 2.05) is 5.38 Å². The number of nitrogens with two attached hydrogens (primary N) is 1. The molecule has 3 N–H and O–H groups in total. The predicted molar refractivity (Wildman–Crippen MR) is 59.0 cm³/mol. The minimum atomic E-state index is 0.0484. The number of nitrogens with zero attached hydrogens (tertiary/aromatic N) is 3. The van der Waals surface area contributed by atoms with Crippen molar-refractivity contribution >= 4 is 11.3 Å². The van der Waals surface area contributed by atoms with Gasteiger partial charge in [0.1, 0.15) is 10.7 Å². The van der Waals surface area contributed by atoms with Crippen LogP contribution in [0.1, 0.15) is 11.6 Å². The molecular formula is C9H11N5OS. The first-order valence-electron chi connectivity index (χ1n) is 4.99. The predicted octanol–water partition coefficient (Wildman–Crippen LogP) is 0.369. The molecule has 3 rings (SSSR count). The van der Waals surface area contributed by atoms with E-state index in [0.29, 0.717) is 13.2 Å². The van der Waals surface area contributed by atoms with E-state index in [1.165, 1.54) is 0 Å². The standard InChI is InChI=1S/C9H11N5OS/c10-6-3-15-2-5(6)8-4-16-9(12-8)7-1-11-14-13-7/h1,4-6H,2-3,10H2,(H,11,13,14). The molecule has 0 saturated carbocycles. The largest absolute Gasteiger partial charge is 0.379 e. The van der Waals surface area contributed by atoms with E-state index >= 15 is 0 Å². The fraction of sp³-hybridized carbons (Fsp3) is 0.444. The molecule has 0 bridgehead atoms. The monoisotopic (exact) mass is 237 g/mol. The van der Waals surface area contributed by atoms with Crippen LogP contribution < -0.4 is 5.73 Å². The number of ether oxygens (including phenoxy) is 1. The van der Waals surface area contributed by atoms with E-state index in [4.69, 9.17) is 10.5 Å². The molecule has 1 saturated heterocycles. The number of hydrogen-bond donors (Lipinski definition) is 2. The van der Waals surface area contributed by atoms with E-state index < -0.39 is 0 Å². The molecule has 2 atom stereocenters. The van der Waals surface area contributed by atoms with Crippen LogP contribution in [0.3, 0.4) is 0 Å². The van der Waals surface area contributed by atoms with Crippen LogP contribution in [-0.2, 0) is 4.74 Å². The third-order valence-electron chi connectivity index (χ3n) is 2.66. The SMILES string of the molecule is NC1COCC1c1csc(-c2cn[nH]n2)n1. The molecule has 1 aliphatic rings. The molecule has 2 aromatic rings. The van der Waals surface area contributed by atoms with Crippen molar-refractivity contribution < 1.29 is 4.74 Å². The van der Waals surface area contributed by atoms with Crippen molar-refractivity contribution in [2.45, 2.75) is 12.0 Å². The van der Waals surface area contributed by atoms with Gasteiger partial charge in [0.25, 0.3) is 0 Å². The van der Waals surface area contributed by atoms with E-state index in [1.54, 1.807) is 17.5 Å². The van der Waals surface area contributed by atoms with Gasteiger partial charge in [-0.3, -0.25) is 0 Å². The van der Waals surface area contributed by atoms with Crippen molar-refractivity contribution in [3.63, 3.8) is 0 Å². The molecule has 0 aromatic carbocycles. The molecule has 2 unspecified atom stereocenters. The fourth-order valence-electron chi connectivity index (χ4n) is 1.75. The summed E-state index contributed by atoms with van der Waals surface area (Å²) in [5.74, 6) is 0.205. The molecule has 0 aliphatic carbocycles. The second-order valence-corrected chi connectivity index (χ2v) is 4.60. The second-order valence-electron chi connectivity index (χ2n) is 3.74. The van der Waals surface area contributed by atoms with Gasteiger partial charge in [0.05, 0.1) is 25.1 Å². The van der Waals surface area contributed by atoms with Crippen molar-refractivity contribution in [1.29, 1.82) is 0 Å². The van der Waals surface area contributed by atoms with E-state index in [2.05, 4.69) is 20.4 Å². The molecule has 3 heterocycles. The smallest absolute Gasteiger partial charge is 0.145 e. The topological polar surface area (TPSA) is 89.7 Å². The van der Waals surface area contributed by atoms with Crippen molar-refractivity contribution in [2.24, 2.45) is 5.73 Å². The lowest BCUT2D eigenvalue weighted by Gasteiger charge is -2.08. The summed E-state index contributed by atoms with van der Waals surface area (Å²) in [5, 5.41) is 13.2. The van der Waals surface area contributed by atoms with Crippen LogP contribution in [-0.4, -0.2) is 39.7 Å². The van der Waals surface area contributed by atoms with E-state index in [0.717, 1.165) is 16.4 Å². The quantitative estimate of drug-likeness (QED) is 0.787. The zero-order valence-corrected chi connectivity index (χ0v) is 9.28. The highest BCUT2D eigenvalue weighted by Gasteiger charge is 2.28. The number of H-pyrrole nitrogens is 1. The Labute approximate surface area is 95.8 Å². The zero-order chi connectivity index (χ0) is 11.0. The van der Waals surface area contributed by atoms with Crippen LogP contribution >= 0.6 is 11.3 Å². The Bertz CT molecular complexity index is 468. The molecule has 0 amide bonds. The maximum Gasteiger partial charge on any atom is 0.145 e. The van der Waals surface area contributed by atoms with Crippen LogP contribution in [0.25, 0.3) is 10.7 Å². The lowest BCUT2D eigenvalue weighted by atomic mass is 10.0. The average molecular weight is 237 g/mol. The minimum absolute atomic E-state index is 0.0484. The van der Waals surface area contributed by atoms with Gasteiger partial charge in [-0.1, -0.05) is 0 Å². The Morgan fingerprint density at radius 2 is 2.44 bits per heavy atom. The lowest BCUT2D eigenvalue weighted by Crippen LogP contribution is -2.26. The van der Waals surface area contributed by atoms with E-state index in [9.17, 15) is 0 Å². The van der Waals surface area contributed by atoms with Crippen LogP contribution in [0.2, 0.25) is 0 Å². The van der Waals surface area contributed by atoms with Gasteiger partial charge in [0.2, 0.25) is 0 Å². The first-order valence-corrected chi connectivity index (χ1v) is 5.87. The highest BCUT2D eigenvalue weighted by atomic mass is 32.1. The normalized spacial score (nSPS) is 25.1. The number of aromatic nitrogens is 4. The number of aromatic amines is 1. The minimum Gasteiger partial charge on any atom is -0.379 e. The van der Waals surface area contributed by atoms with Crippen LogP contribution in [0.4, 0.5) is 0 Å². The summed E-state index contributed by atoms with van der Waals surface area (Å²) in [6.07, 6.45) is 1.66. The molecule has 84 valence electrons. The zero-order valence-electron chi connectivity index (χ0n) is 8.46. The van der Waals surface area contributed by atoms with Crippen LogP contribution in [0.15, 0.2) is 11.6 Å². The van der Waals surface area contributed by atoms with Crippen LogP contribution in [0, 0.1) is 0 Å². The van der Waals surface area contributed by atoms with Crippen molar-refractivity contribution in [1.82, 2.24) is 20.4 Å². The van der Waals surface area contributed by atoms with E-state index in [-0.39, 0.29) is 12.0 Å². The number of rotatable bonds is 2. The first kappa shape index (κ1) is 9.88. The van der Waals surface area contributed by atoms with Gasteiger partial charge < -0.3 is 10.5 Å². The average Bonchev–Trinajstić information content (AvgIpc) is 2.96. The molecular weight excluding hydrogens is 226 g/mol. The Kier molecular flexibility index (Phi) is 2.43. The highest BCUT2D eigenvalue weighted by Crippen LogP contribution is 2.29. The summed E-state index contributed by atoms with van der Waals surface area (Å²) in [5.41, 5.74) is 7.71. The summed E-state index contributed by atoms with van der Waals surface area (Å²) in [4.78, 5) is 4.52.